The van der Waals surface area contributed by atoms with Crippen LogP contribution in [0.2, 0.25) is 18.1 Å². The smallest absolute Gasteiger partial charge is 0.191 e. The normalized spacial score (nSPS) is 19.9. The zero-order valence-electron chi connectivity index (χ0n) is 22.3. The van der Waals surface area contributed by atoms with E-state index in [1.807, 2.05) is 0 Å². The second kappa shape index (κ2) is 13.0. The molecule has 1 heterocycles. The summed E-state index contributed by atoms with van der Waals surface area (Å²) in [5.74, 6) is 0.622. The molecule has 0 saturated carbocycles. The zero-order chi connectivity index (χ0) is 24.4. The average molecular weight is 482 g/mol. The molecule has 0 bridgehead atoms. The fourth-order valence-corrected chi connectivity index (χ4v) is 5.76. The number of rotatable bonds is 12. The lowest BCUT2D eigenvalue weighted by molar-refractivity contribution is 0.0441. The molecule has 2 atom stereocenters. The minimum Gasteiger partial charge on any atom is -0.416 e. The molecule has 3 nitrogen and oxygen atoms in total. The van der Waals surface area contributed by atoms with Crippen molar-refractivity contribution in [3.8, 4) is 0 Å². The number of nitrogens with zero attached hydrogens (tertiary/aromatic N) is 1. The van der Waals surface area contributed by atoms with Crippen LogP contribution in [0, 0.1) is 5.92 Å². The van der Waals surface area contributed by atoms with Crippen LogP contribution in [0.1, 0.15) is 64.0 Å². The van der Waals surface area contributed by atoms with Crippen molar-refractivity contribution in [3.05, 3.63) is 71.8 Å². The Labute approximate surface area is 210 Å². The maximum Gasteiger partial charge on any atom is 0.191 e. The minimum atomic E-state index is -1.73. The van der Waals surface area contributed by atoms with Crippen molar-refractivity contribution < 1.29 is 9.16 Å². The Morgan fingerprint density at radius 3 is 2.21 bits per heavy atom. The Kier molecular flexibility index (Phi) is 10.4. The predicted octanol–water partition coefficient (Wildman–Crippen LogP) is 7.68. The highest BCUT2D eigenvalue weighted by Crippen LogP contribution is 2.38. The summed E-state index contributed by atoms with van der Waals surface area (Å²) < 4.78 is 12.7. The maximum absolute atomic E-state index is 6.74. The van der Waals surface area contributed by atoms with Crippen LogP contribution in [-0.4, -0.2) is 39.0 Å². The molecule has 0 amide bonds. The summed E-state index contributed by atoms with van der Waals surface area (Å²) in [6.07, 6.45) is 6.12. The van der Waals surface area contributed by atoms with E-state index in [9.17, 15) is 0 Å². The third-order valence-corrected chi connectivity index (χ3v) is 12.4. The Balaban J connectivity index is 1.55. The Bertz CT molecular complexity index is 819. The van der Waals surface area contributed by atoms with Gasteiger partial charge in [0, 0.05) is 25.8 Å². The molecule has 0 aromatic heterocycles. The molecule has 0 unspecified atom stereocenters. The average Bonchev–Trinajstić information content (AvgIpc) is 2.81. The van der Waals surface area contributed by atoms with Gasteiger partial charge in [-0.2, -0.15) is 0 Å². The highest BCUT2D eigenvalue weighted by molar-refractivity contribution is 6.74. The molecule has 1 saturated heterocycles. The topological polar surface area (TPSA) is 21.7 Å². The van der Waals surface area contributed by atoms with Gasteiger partial charge in [0.2, 0.25) is 0 Å². The van der Waals surface area contributed by atoms with Crippen LogP contribution in [0.3, 0.4) is 0 Å². The molecule has 0 spiro atoms. The van der Waals surface area contributed by atoms with Crippen LogP contribution < -0.4 is 0 Å². The largest absolute Gasteiger partial charge is 0.416 e. The lowest BCUT2D eigenvalue weighted by Crippen LogP contribution is -2.49. The highest BCUT2D eigenvalue weighted by Gasteiger charge is 2.39. The van der Waals surface area contributed by atoms with Gasteiger partial charge in [0.1, 0.15) is 0 Å². The molecule has 4 heteroatoms. The molecule has 3 rings (SSSR count). The molecular weight excluding hydrogens is 434 g/mol. The van der Waals surface area contributed by atoms with Crippen molar-refractivity contribution in [2.45, 2.75) is 90.2 Å². The standard InChI is InChI=1S/C30H47NO2Si/c1-30(2,3)34(4,5)33-25-28-19-14-21-31(23-26-15-8-6-9-16-26)29(28)20-12-13-22-32-24-27-17-10-7-11-18-27/h6-11,15-18,28-29H,12-14,19-25H2,1-5H3/t28-,29+/m0/s1. The van der Waals surface area contributed by atoms with E-state index in [2.05, 4.69) is 99.4 Å². The third kappa shape index (κ3) is 8.33. The van der Waals surface area contributed by atoms with Gasteiger partial charge in [0.15, 0.2) is 8.32 Å². The lowest BCUT2D eigenvalue weighted by Gasteiger charge is -2.44. The molecule has 34 heavy (non-hydrogen) atoms. The van der Waals surface area contributed by atoms with E-state index < -0.39 is 8.32 Å². The predicted molar refractivity (Wildman–Crippen MR) is 146 cm³/mol. The maximum atomic E-state index is 6.74. The molecule has 2 aromatic rings. The molecule has 1 aliphatic heterocycles. The molecule has 0 radical (unpaired) electrons. The van der Waals surface area contributed by atoms with Crippen LogP contribution in [-0.2, 0) is 22.3 Å². The van der Waals surface area contributed by atoms with Gasteiger partial charge >= 0.3 is 0 Å². The van der Waals surface area contributed by atoms with E-state index >= 15 is 0 Å². The highest BCUT2D eigenvalue weighted by atomic mass is 28.4. The van der Waals surface area contributed by atoms with Crippen molar-refractivity contribution >= 4 is 8.32 Å². The first-order chi connectivity index (χ1) is 16.3. The number of benzene rings is 2. The van der Waals surface area contributed by atoms with Crippen molar-refractivity contribution in [2.24, 2.45) is 5.92 Å². The quantitative estimate of drug-likeness (QED) is 0.229. The number of ether oxygens (including phenoxy) is 1. The Morgan fingerprint density at radius 1 is 0.912 bits per heavy atom. The second-order valence-electron chi connectivity index (χ2n) is 11.5. The van der Waals surface area contributed by atoms with E-state index in [0.29, 0.717) is 18.6 Å². The van der Waals surface area contributed by atoms with Gasteiger partial charge in [0.05, 0.1) is 6.61 Å². The van der Waals surface area contributed by atoms with Gasteiger partial charge < -0.3 is 9.16 Å². The summed E-state index contributed by atoms with van der Waals surface area (Å²) in [6, 6.07) is 22.0. The molecule has 0 aliphatic carbocycles. The molecule has 2 aromatic carbocycles. The lowest BCUT2D eigenvalue weighted by atomic mass is 9.86. The van der Waals surface area contributed by atoms with E-state index in [1.54, 1.807) is 0 Å². The van der Waals surface area contributed by atoms with Crippen molar-refractivity contribution in [1.29, 1.82) is 0 Å². The summed E-state index contributed by atoms with van der Waals surface area (Å²) in [5, 5.41) is 0.261. The van der Waals surface area contributed by atoms with E-state index in [1.165, 1.54) is 43.4 Å². The minimum absolute atomic E-state index is 0.261. The first-order valence-corrected chi connectivity index (χ1v) is 16.2. The number of unbranched alkanes of at least 4 members (excludes halogenated alkanes) is 1. The summed E-state index contributed by atoms with van der Waals surface area (Å²) in [6.45, 7) is 16.5. The number of likely N-dealkylation sites (tertiary alicyclic amines) is 1. The fraction of sp³-hybridized carbons (Fsp3) is 0.600. The monoisotopic (exact) mass is 481 g/mol. The van der Waals surface area contributed by atoms with Crippen molar-refractivity contribution in [2.75, 3.05) is 19.8 Å². The second-order valence-corrected chi connectivity index (χ2v) is 16.3. The Hall–Kier alpha value is -1.46. The zero-order valence-corrected chi connectivity index (χ0v) is 23.3. The summed E-state index contributed by atoms with van der Waals surface area (Å²) in [4.78, 5) is 2.74. The van der Waals surface area contributed by atoms with Gasteiger partial charge in [-0.25, -0.2) is 0 Å². The summed E-state index contributed by atoms with van der Waals surface area (Å²) in [5.41, 5.74) is 2.68. The van der Waals surface area contributed by atoms with E-state index in [4.69, 9.17) is 9.16 Å². The van der Waals surface area contributed by atoms with E-state index in [-0.39, 0.29) is 5.04 Å². The van der Waals surface area contributed by atoms with Crippen molar-refractivity contribution in [3.63, 3.8) is 0 Å². The first kappa shape index (κ1) is 27.1. The molecular formula is C30H47NO2Si. The van der Waals surface area contributed by atoms with Crippen LogP contribution in [0.25, 0.3) is 0 Å². The van der Waals surface area contributed by atoms with Gasteiger partial charge in [-0.3, -0.25) is 4.90 Å². The fourth-order valence-electron chi connectivity index (χ4n) is 4.69. The van der Waals surface area contributed by atoms with Crippen LogP contribution in [0.4, 0.5) is 0 Å². The van der Waals surface area contributed by atoms with Gasteiger partial charge in [0.25, 0.3) is 0 Å². The molecule has 1 fully saturated rings. The van der Waals surface area contributed by atoms with Crippen molar-refractivity contribution in [1.82, 2.24) is 4.90 Å². The number of hydrogen-bond donors (Lipinski definition) is 0. The number of hydrogen-bond acceptors (Lipinski definition) is 3. The van der Waals surface area contributed by atoms with Crippen LogP contribution in [0.5, 0.6) is 0 Å². The Morgan fingerprint density at radius 2 is 1.56 bits per heavy atom. The molecule has 188 valence electrons. The number of piperidine rings is 1. The van der Waals surface area contributed by atoms with Gasteiger partial charge in [-0.05, 0) is 73.8 Å². The molecule has 1 aliphatic rings. The third-order valence-electron chi connectivity index (χ3n) is 7.88. The summed E-state index contributed by atoms with van der Waals surface area (Å²) in [7, 11) is -1.73. The van der Waals surface area contributed by atoms with Crippen LogP contribution >= 0.6 is 0 Å². The van der Waals surface area contributed by atoms with Gasteiger partial charge in [-0.15, -0.1) is 0 Å². The summed E-state index contributed by atoms with van der Waals surface area (Å²) >= 11 is 0. The van der Waals surface area contributed by atoms with E-state index in [0.717, 1.165) is 26.2 Å². The molecule has 0 N–H and O–H groups in total. The first-order valence-electron chi connectivity index (χ1n) is 13.3. The SMILES string of the molecule is CC(C)(C)[Si](C)(C)OC[C@@H]1CCCN(Cc2ccccc2)[C@@H]1CCCCOCc1ccccc1. The van der Waals surface area contributed by atoms with Gasteiger partial charge in [-0.1, -0.05) is 81.4 Å². The van der Waals surface area contributed by atoms with Crippen LogP contribution in [0.15, 0.2) is 60.7 Å².